The number of alkyl halides is 3. The van der Waals surface area contributed by atoms with Crippen LogP contribution in [0.2, 0.25) is 0 Å². The summed E-state index contributed by atoms with van der Waals surface area (Å²) in [7, 11) is 0. The fraction of sp³-hybridized carbons (Fsp3) is 0.238. The molecular formula is C21H16F3NO3. The molecule has 7 heteroatoms. The van der Waals surface area contributed by atoms with Gasteiger partial charge in [0.05, 0.1) is 5.56 Å². The molecule has 3 aromatic rings. The number of amides is 1. The first-order valence-corrected chi connectivity index (χ1v) is 8.83. The number of para-hydroxylation sites is 1. The van der Waals surface area contributed by atoms with Crippen molar-refractivity contribution in [3.05, 3.63) is 81.7 Å². The zero-order chi connectivity index (χ0) is 19.9. The first-order valence-electron chi connectivity index (χ1n) is 8.83. The highest BCUT2D eigenvalue weighted by molar-refractivity contribution is 5.97. The first kappa shape index (κ1) is 18.3. The third-order valence-corrected chi connectivity index (χ3v) is 4.75. The van der Waals surface area contributed by atoms with E-state index in [-0.39, 0.29) is 18.2 Å². The van der Waals surface area contributed by atoms with Gasteiger partial charge in [-0.05, 0) is 42.7 Å². The largest absolute Gasteiger partial charge is 0.422 e. The molecule has 0 bridgehead atoms. The number of carbonyl (C=O) groups excluding carboxylic acids is 1. The van der Waals surface area contributed by atoms with Crippen LogP contribution in [0.4, 0.5) is 13.2 Å². The molecular weight excluding hydrogens is 371 g/mol. The molecule has 1 aliphatic rings. The standard InChI is InChI=1S/C21H16F3NO3/c22-21(23,24)15-7-5-13(6-8-15)12-25(16-9-10-16)19(26)17-11-14-3-1-2-4-18(14)28-20(17)27/h1-8,11,16H,9-10,12H2. The number of rotatable bonds is 4. The van der Waals surface area contributed by atoms with Gasteiger partial charge in [0.2, 0.25) is 0 Å². The summed E-state index contributed by atoms with van der Waals surface area (Å²) in [5.41, 5.74) is -0.571. The Kier molecular flexibility index (Phi) is 4.45. The first-order chi connectivity index (χ1) is 13.3. The lowest BCUT2D eigenvalue weighted by Gasteiger charge is -2.22. The van der Waals surface area contributed by atoms with Crippen LogP contribution >= 0.6 is 0 Å². The summed E-state index contributed by atoms with van der Waals surface area (Å²) in [4.78, 5) is 26.8. The van der Waals surface area contributed by atoms with Crippen LogP contribution in [0, 0.1) is 0 Å². The summed E-state index contributed by atoms with van der Waals surface area (Å²) in [6, 6.07) is 13.1. The smallest absolute Gasteiger partial charge is 0.416 e. The van der Waals surface area contributed by atoms with Crippen molar-refractivity contribution in [3.8, 4) is 0 Å². The second-order valence-corrected chi connectivity index (χ2v) is 6.84. The van der Waals surface area contributed by atoms with Crippen LogP contribution in [0.5, 0.6) is 0 Å². The molecule has 1 aliphatic carbocycles. The molecule has 1 heterocycles. The van der Waals surface area contributed by atoms with Crippen molar-refractivity contribution in [2.75, 3.05) is 0 Å². The molecule has 0 saturated heterocycles. The molecule has 144 valence electrons. The minimum atomic E-state index is -4.41. The minimum absolute atomic E-state index is 0.0272. The quantitative estimate of drug-likeness (QED) is 0.614. The van der Waals surface area contributed by atoms with Crippen LogP contribution in [-0.4, -0.2) is 16.8 Å². The molecule has 0 atom stereocenters. The van der Waals surface area contributed by atoms with Crippen molar-refractivity contribution in [1.82, 2.24) is 4.90 Å². The highest BCUT2D eigenvalue weighted by atomic mass is 19.4. The predicted molar refractivity (Wildman–Crippen MR) is 96.8 cm³/mol. The fourth-order valence-corrected chi connectivity index (χ4v) is 3.11. The van der Waals surface area contributed by atoms with E-state index in [1.54, 1.807) is 24.3 Å². The van der Waals surface area contributed by atoms with Crippen molar-refractivity contribution in [1.29, 1.82) is 0 Å². The van der Waals surface area contributed by atoms with Crippen molar-refractivity contribution in [2.45, 2.75) is 31.6 Å². The van der Waals surface area contributed by atoms with Crippen LogP contribution in [-0.2, 0) is 12.7 Å². The Bertz CT molecular complexity index is 1080. The van der Waals surface area contributed by atoms with E-state index in [0.717, 1.165) is 25.0 Å². The van der Waals surface area contributed by atoms with Crippen molar-refractivity contribution >= 4 is 16.9 Å². The van der Waals surface area contributed by atoms with Crippen molar-refractivity contribution in [3.63, 3.8) is 0 Å². The van der Waals surface area contributed by atoms with E-state index in [9.17, 15) is 22.8 Å². The lowest BCUT2D eigenvalue weighted by atomic mass is 10.1. The lowest BCUT2D eigenvalue weighted by molar-refractivity contribution is -0.137. The van der Waals surface area contributed by atoms with E-state index in [4.69, 9.17) is 4.42 Å². The maximum absolute atomic E-state index is 13.0. The van der Waals surface area contributed by atoms with Crippen LogP contribution in [0.15, 0.2) is 63.8 Å². The van der Waals surface area contributed by atoms with Gasteiger partial charge in [-0.15, -0.1) is 0 Å². The zero-order valence-electron chi connectivity index (χ0n) is 14.7. The van der Waals surface area contributed by atoms with Gasteiger partial charge < -0.3 is 9.32 Å². The normalized spacial score (nSPS) is 14.2. The second-order valence-electron chi connectivity index (χ2n) is 6.84. The van der Waals surface area contributed by atoms with E-state index < -0.39 is 23.3 Å². The Balaban J connectivity index is 1.63. The molecule has 1 saturated carbocycles. The summed E-state index contributed by atoms with van der Waals surface area (Å²) in [5, 5.41) is 0.635. The van der Waals surface area contributed by atoms with Gasteiger partial charge in [-0.25, -0.2) is 4.79 Å². The van der Waals surface area contributed by atoms with E-state index in [0.29, 0.717) is 16.5 Å². The maximum Gasteiger partial charge on any atom is 0.416 e. The van der Waals surface area contributed by atoms with Gasteiger partial charge in [0.15, 0.2) is 0 Å². The molecule has 0 aliphatic heterocycles. The Morgan fingerprint density at radius 1 is 1.07 bits per heavy atom. The Hall–Kier alpha value is -3.09. The molecule has 1 fully saturated rings. The molecule has 0 N–H and O–H groups in total. The van der Waals surface area contributed by atoms with Gasteiger partial charge in [0.25, 0.3) is 5.91 Å². The molecule has 1 amide bonds. The van der Waals surface area contributed by atoms with Gasteiger partial charge in [-0.1, -0.05) is 30.3 Å². The third kappa shape index (κ3) is 3.65. The minimum Gasteiger partial charge on any atom is -0.422 e. The molecule has 1 aromatic heterocycles. The summed E-state index contributed by atoms with van der Waals surface area (Å²) < 4.78 is 43.4. The molecule has 2 aromatic carbocycles. The van der Waals surface area contributed by atoms with Gasteiger partial charge in [0, 0.05) is 18.0 Å². The molecule has 28 heavy (non-hydrogen) atoms. The van der Waals surface area contributed by atoms with E-state index in [1.807, 2.05) is 0 Å². The average molecular weight is 387 g/mol. The van der Waals surface area contributed by atoms with Gasteiger partial charge in [-0.2, -0.15) is 13.2 Å². The van der Waals surface area contributed by atoms with Gasteiger partial charge >= 0.3 is 11.8 Å². The number of nitrogens with zero attached hydrogens (tertiary/aromatic N) is 1. The predicted octanol–water partition coefficient (Wildman–Crippen LogP) is 4.62. The summed E-state index contributed by atoms with van der Waals surface area (Å²) >= 11 is 0. The highest BCUT2D eigenvalue weighted by Crippen LogP contribution is 2.32. The Morgan fingerprint density at radius 2 is 1.75 bits per heavy atom. The summed E-state index contributed by atoms with van der Waals surface area (Å²) in [5.74, 6) is -0.470. The summed E-state index contributed by atoms with van der Waals surface area (Å²) in [6.07, 6.45) is -2.81. The van der Waals surface area contributed by atoms with Crippen LogP contribution in [0.3, 0.4) is 0 Å². The number of benzene rings is 2. The number of hydrogen-bond acceptors (Lipinski definition) is 3. The Labute approximate surface area is 158 Å². The molecule has 4 nitrogen and oxygen atoms in total. The second kappa shape index (κ2) is 6.82. The summed E-state index contributed by atoms with van der Waals surface area (Å²) in [6.45, 7) is 0.133. The van der Waals surface area contributed by atoms with Crippen molar-refractivity contribution < 1.29 is 22.4 Å². The van der Waals surface area contributed by atoms with Crippen LogP contribution < -0.4 is 5.63 Å². The number of hydrogen-bond donors (Lipinski definition) is 0. The highest BCUT2D eigenvalue weighted by Gasteiger charge is 2.35. The van der Waals surface area contributed by atoms with E-state index >= 15 is 0 Å². The van der Waals surface area contributed by atoms with Crippen LogP contribution in [0.25, 0.3) is 11.0 Å². The topological polar surface area (TPSA) is 50.5 Å². The molecule has 0 spiro atoms. The Morgan fingerprint density at radius 3 is 2.39 bits per heavy atom. The number of fused-ring (bicyclic) bond motifs is 1. The molecule has 4 rings (SSSR count). The lowest BCUT2D eigenvalue weighted by Crippen LogP contribution is -2.35. The third-order valence-electron chi connectivity index (χ3n) is 4.75. The average Bonchev–Trinajstić information content (AvgIpc) is 3.50. The van der Waals surface area contributed by atoms with Gasteiger partial charge in [0.1, 0.15) is 11.1 Å². The number of halogens is 3. The zero-order valence-corrected chi connectivity index (χ0v) is 14.7. The molecule has 0 unspecified atom stereocenters. The fourth-order valence-electron chi connectivity index (χ4n) is 3.11. The SMILES string of the molecule is O=C(c1cc2ccccc2oc1=O)N(Cc1ccc(C(F)(F)F)cc1)C1CC1. The molecule has 0 radical (unpaired) electrons. The monoisotopic (exact) mass is 387 g/mol. The van der Waals surface area contributed by atoms with Crippen LogP contribution in [0.1, 0.15) is 34.3 Å². The number of carbonyl (C=O) groups is 1. The maximum atomic E-state index is 13.0. The van der Waals surface area contributed by atoms with E-state index in [2.05, 4.69) is 0 Å². The van der Waals surface area contributed by atoms with Gasteiger partial charge in [-0.3, -0.25) is 4.79 Å². The van der Waals surface area contributed by atoms with E-state index in [1.165, 1.54) is 23.1 Å². The van der Waals surface area contributed by atoms with Crippen molar-refractivity contribution in [2.24, 2.45) is 0 Å².